The van der Waals surface area contributed by atoms with Gasteiger partial charge in [0.15, 0.2) is 0 Å². The summed E-state index contributed by atoms with van der Waals surface area (Å²) in [5.74, 6) is 1.52. The molecule has 2 aromatic rings. The van der Waals surface area contributed by atoms with Crippen LogP contribution in [0.5, 0.6) is 11.5 Å². The molecule has 1 aliphatic heterocycles. The number of nitrogens with one attached hydrogen (secondary N) is 1. The molecule has 2 N–H and O–H groups in total. The van der Waals surface area contributed by atoms with Crippen LogP contribution in [0.3, 0.4) is 0 Å². The number of ether oxygens (including phenoxy) is 1. The van der Waals surface area contributed by atoms with E-state index in [0.717, 1.165) is 34.8 Å². The van der Waals surface area contributed by atoms with E-state index in [2.05, 4.69) is 11.9 Å². The van der Waals surface area contributed by atoms with Crippen molar-refractivity contribution in [2.24, 2.45) is 0 Å². The number of hydrogen-bond donors (Lipinski definition) is 2. The Morgan fingerprint density at radius 2 is 2.00 bits per heavy atom. The molecule has 0 fully saturated rings. The Balaban J connectivity index is 1.67. The van der Waals surface area contributed by atoms with Gasteiger partial charge in [-0.15, -0.1) is 0 Å². The van der Waals surface area contributed by atoms with Crippen LogP contribution in [0.25, 0.3) is 0 Å². The Labute approximate surface area is 130 Å². The van der Waals surface area contributed by atoms with Gasteiger partial charge in [-0.25, -0.2) is 0 Å². The Hall–Kier alpha value is -2.24. The summed E-state index contributed by atoms with van der Waals surface area (Å²) in [7, 11) is -0.816. The van der Waals surface area contributed by atoms with Crippen molar-refractivity contribution in [3.8, 4) is 11.5 Å². The van der Waals surface area contributed by atoms with Gasteiger partial charge >= 0.3 is 7.12 Å². The molecule has 22 heavy (non-hydrogen) atoms. The van der Waals surface area contributed by atoms with E-state index in [0.29, 0.717) is 6.61 Å². The lowest BCUT2D eigenvalue weighted by Crippen LogP contribution is -2.27. The molecular formula is C17H18BNO3. The Kier molecular flexibility index (Phi) is 4.18. The van der Waals surface area contributed by atoms with Crippen molar-refractivity contribution >= 4 is 12.6 Å². The first kappa shape index (κ1) is 14.7. The molecule has 2 aromatic carbocycles. The first-order valence-corrected chi connectivity index (χ1v) is 7.20. The third-order valence-electron chi connectivity index (χ3n) is 3.53. The zero-order valence-electron chi connectivity index (χ0n) is 12.5. The van der Waals surface area contributed by atoms with E-state index in [1.165, 1.54) is 5.56 Å². The van der Waals surface area contributed by atoms with Gasteiger partial charge < -0.3 is 19.7 Å². The summed E-state index contributed by atoms with van der Waals surface area (Å²) >= 11 is 0. The molecule has 0 atom stereocenters. The molecule has 0 saturated heterocycles. The molecule has 0 aliphatic carbocycles. The Morgan fingerprint density at radius 3 is 2.73 bits per heavy atom. The van der Waals surface area contributed by atoms with Crippen LogP contribution in [0.1, 0.15) is 18.1 Å². The summed E-state index contributed by atoms with van der Waals surface area (Å²) in [6.45, 7) is 6.92. The molecule has 0 radical (unpaired) electrons. The highest BCUT2D eigenvalue weighted by atomic mass is 16.5. The molecule has 0 amide bonds. The number of fused-ring (bicyclic) bond motifs is 1. The topological polar surface area (TPSA) is 50.7 Å². The SMILES string of the molecule is C=C(C)NCc1ccc(Oc2ccc3c(c2)COB3O)cc1. The molecule has 0 unspecified atom stereocenters. The maximum absolute atomic E-state index is 9.61. The standard InChI is InChI=1S/C17H18BNO3/c1-12(2)19-10-13-3-5-15(6-4-13)22-16-7-8-17-14(9-16)11-21-18(17)20/h3-9,19-20H,1,10-11H2,2H3. The maximum Gasteiger partial charge on any atom is 0.491 e. The van der Waals surface area contributed by atoms with E-state index >= 15 is 0 Å². The van der Waals surface area contributed by atoms with Crippen molar-refractivity contribution in [3.63, 3.8) is 0 Å². The minimum Gasteiger partial charge on any atom is -0.457 e. The van der Waals surface area contributed by atoms with Crippen LogP contribution < -0.4 is 15.5 Å². The van der Waals surface area contributed by atoms with Gasteiger partial charge in [0.1, 0.15) is 11.5 Å². The van der Waals surface area contributed by atoms with Crippen molar-refractivity contribution in [3.05, 3.63) is 65.9 Å². The fourth-order valence-electron chi connectivity index (χ4n) is 2.33. The van der Waals surface area contributed by atoms with Gasteiger partial charge in [0.2, 0.25) is 0 Å². The quantitative estimate of drug-likeness (QED) is 0.831. The first-order valence-electron chi connectivity index (χ1n) is 7.20. The normalized spacial score (nSPS) is 12.9. The number of hydrogen-bond acceptors (Lipinski definition) is 4. The fraction of sp³-hybridized carbons (Fsp3) is 0.176. The molecule has 4 nitrogen and oxygen atoms in total. The predicted octanol–water partition coefficient (Wildman–Crippen LogP) is 2.32. The average Bonchev–Trinajstić information content (AvgIpc) is 2.87. The Bertz CT molecular complexity index is 685. The first-order chi connectivity index (χ1) is 10.6. The van der Waals surface area contributed by atoms with Gasteiger partial charge in [-0.05, 0) is 47.8 Å². The van der Waals surface area contributed by atoms with Crippen LogP contribution in [-0.4, -0.2) is 12.1 Å². The van der Waals surface area contributed by atoms with Crippen LogP contribution in [-0.2, 0) is 17.8 Å². The number of rotatable bonds is 5. The molecule has 1 aliphatic rings. The molecular weight excluding hydrogens is 277 g/mol. The van der Waals surface area contributed by atoms with E-state index in [1.807, 2.05) is 49.4 Å². The van der Waals surface area contributed by atoms with Gasteiger partial charge in [-0.1, -0.05) is 24.8 Å². The molecule has 0 spiro atoms. The summed E-state index contributed by atoms with van der Waals surface area (Å²) in [4.78, 5) is 0. The van der Waals surface area contributed by atoms with E-state index in [9.17, 15) is 5.02 Å². The summed E-state index contributed by atoms with van der Waals surface area (Å²) in [5.41, 5.74) is 3.89. The third kappa shape index (κ3) is 3.32. The molecule has 0 bridgehead atoms. The second-order valence-corrected chi connectivity index (χ2v) is 5.40. The van der Waals surface area contributed by atoms with Crippen LogP contribution in [0, 0.1) is 0 Å². The van der Waals surface area contributed by atoms with Gasteiger partial charge in [0, 0.05) is 12.2 Å². The monoisotopic (exact) mass is 295 g/mol. The van der Waals surface area contributed by atoms with Crippen molar-refractivity contribution in [2.75, 3.05) is 0 Å². The predicted molar refractivity (Wildman–Crippen MR) is 87.0 cm³/mol. The Morgan fingerprint density at radius 1 is 1.27 bits per heavy atom. The van der Waals surface area contributed by atoms with Crippen molar-refractivity contribution in [2.45, 2.75) is 20.1 Å². The highest BCUT2D eigenvalue weighted by molar-refractivity contribution is 6.61. The van der Waals surface area contributed by atoms with Crippen molar-refractivity contribution in [1.82, 2.24) is 5.32 Å². The second kappa shape index (κ2) is 6.26. The summed E-state index contributed by atoms with van der Waals surface area (Å²) in [6, 6.07) is 13.5. The van der Waals surface area contributed by atoms with Gasteiger partial charge in [0.05, 0.1) is 6.61 Å². The molecule has 3 rings (SSSR count). The largest absolute Gasteiger partial charge is 0.491 e. The highest BCUT2D eigenvalue weighted by Crippen LogP contribution is 2.24. The summed E-state index contributed by atoms with van der Waals surface area (Å²) < 4.78 is 11.0. The van der Waals surface area contributed by atoms with Gasteiger partial charge in [-0.3, -0.25) is 0 Å². The lowest BCUT2D eigenvalue weighted by Gasteiger charge is -2.09. The summed E-state index contributed by atoms with van der Waals surface area (Å²) in [6.07, 6.45) is 0. The minimum atomic E-state index is -0.816. The number of benzene rings is 2. The minimum absolute atomic E-state index is 0.416. The van der Waals surface area contributed by atoms with E-state index in [4.69, 9.17) is 9.39 Å². The van der Waals surface area contributed by atoms with Crippen LogP contribution in [0.4, 0.5) is 0 Å². The molecule has 112 valence electrons. The van der Waals surface area contributed by atoms with E-state index in [1.54, 1.807) is 0 Å². The molecule has 0 saturated carbocycles. The zero-order valence-corrected chi connectivity index (χ0v) is 12.5. The fourth-order valence-corrected chi connectivity index (χ4v) is 2.33. The maximum atomic E-state index is 9.61. The smallest absolute Gasteiger partial charge is 0.457 e. The summed E-state index contributed by atoms with van der Waals surface area (Å²) in [5, 5.41) is 12.8. The molecule has 0 aromatic heterocycles. The van der Waals surface area contributed by atoms with Crippen LogP contribution in [0.2, 0.25) is 0 Å². The van der Waals surface area contributed by atoms with Gasteiger partial charge in [0.25, 0.3) is 0 Å². The number of allylic oxidation sites excluding steroid dienone is 1. The zero-order chi connectivity index (χ0) is 15.5. The lowest BCUT2D eigenvalue weighted by atomic mass is 9.80. The van der Waals surface area contributed by atoms with Crippen molar-refractivity contribution < 1.29 is 14.4 Å². The van der Waals surface area contributed by atoms with Gasteiger partial charge in [-0.2, -0.15) is 0 Å². The van der Waals surface area contributed by atoms with Crippen LogP contribution >= 0.6 is 0 Å². The van der Waals surface area contributed by atoms with Crippen LogP contribution in [0.15, 0.2) is 54.7 Å². The third-order valence-corrected chi connectivity index (χ3v) is 3.53. The lowest BCUT2D eigenvalue weighted by molar-refractivity contribution is 0.275. The van der Waals surface area contributed by atoms with Crippen molar-refractivity contribution in [1.29, 1.82) is 0 Å². The van der Waals surface area contributed by atoms with E-state index < -0.39 is 7.12 Å². The highest BCUT2D eigenvalue weighted by Gasteiger charge is 2.27. The average molecular weight is 295 g/mol. The molecule has 1 heterocycles. The second-order valence-electron chi connectivity index (χ2n) is 5.40. The van der Waals surface area contributed by atoms with E-state index in [-0.39, 0.29) is 0 Å². The molecule has 5 heteroatoms.